The quantitative estimate of drug-likeness (QED) is 0.875. The van der Waals surface area contributed by atoms with E-state index in [4.69, 9.17) is 9.47 Å². The minimum absolute atomic E-state index is 0. The van der Waals surface area contributed by atoms with E-state index in [1.165, 1.54) is 24.6 Å². The van der Waals surface area contributed by atoms with E-state index >= 15 is 0 Å². The Kier molecular flexibility index (Phi) is 6.64. The van der Waals surface area contributed by atoms with Gasteiger partial charge in [0.25, 0.3) is 0 Å². The van der Waals surface area contributed by atoms with Crippen LogP contribution in [0.2, 0.25) is 0 Å². The molecule has 1 aliphatic rings. The predicted molar refractivity (Wildman–Crippen MR) is 87.6 cm³/mol. The molecular weight excluding hydrogens is 347 g/mol. The third kappa shape index (κ3) is 4.06. The van der Waals surface area contributed by atoms with Crippen molar-refractivity contribution in [1.29, 1.82) is 0 Å². The second-order valence-corrected chi connectivity index (χ2v) is 7.33. The van der Waals surface area contributed by atoms with Gasteiger partial charge in [0.1, 0.15) is 10.7 Å². The number of ether oxygens (including phenoxy) is 2. The van der Waals surface area contributed by atoms with Crippen LogP contribution in [0, 0.1) is 5.82 Å². The number of rotatable bonds is 4. The summed E-state index contributed by atoms with van der Waals surface area (Å²) in [5.41, 5.74) is 0. The highest BCUT2D eigenvalue weighted by atomic mass is 35.5. The first-order chi connectivity index (χ1) is 10.3. The molecule has 0 radical (unpaired) electrons. The Morgan fingerprint density at radius 2 is 1.61 bits per heavy atom. The molecule has 132 valence electrons. The van der Waals surface area contributed by atoms with Crippen LogP contribution in [0.5, 0.6) is 11.5 Å². The standard InChI is InChI=1S/C14H21FN2O4S.ClH/c1-9-7-17(8-10(2)16-9)22(18,19)14-6-13(21-4)12(20-3)5-11(14)15;/h5-6,9-10,16H,7-8H2,1-4H3;1H. The topological polar surface area (TPSA) is 67.9 Å². The molecule has 0 spiro atoms. The van der Waals surface area contributed by atoms with E-state index < -0.39 is 20.7 Å². The van der Waals surface area contributed by atoms with Crippen LogP contribution in [-0.4, -0.2) is 52.1 Å². The van der Waals surface area contributed by atoms with Crippen molar-refractivity contribution in [2.75, 3.05) is 27.3 Å². The largest absolute Gasteiger partial charge is 0.493 e. The van der Waals surface area contributed by atoms with Crippen molar-refractivity contribution in [3.63, 3.8) is 0 Å². The van der Waals surface area contributed by atoms with Crippen molar-refractivity contribution in [2.24, 2.45) is 0 Å². The molecule has 2 unspecified atom stereocenters. The minimum Gasteiger partial charge on any atom is -0.493 e. The third-order valence-electron chi connectivity index (χ3n) is 3.58. The Labute approximate surface area is 142 Å². The Hall–Kier alpha value is -1.09. The molecule has 0 bridgehead atoms. The summed E-state index contributed by atoms with van der Waals surface area (Å²) in [4.78, 5) is -0.397. The second-order valence-electron chi connectivity index (χ2n) is 5.43. The SMILES string of the molecule is COc1cc(F)c(S(=O)(=O)N2CC(C)NC(C)C2)cc1OC.Cl. The van der Waals surface area contributed by atoms with Crippen molar-refractivity contribution in [1.82, 2.24) is 9.62 Å². The van der Waals surface area contributed by atoms with Crippen LogP contribution in [0.1, 0.15) is 13.8 Å². The third-order valence-corrected chi connectivity index (χ3v) is 5.43. The fourth-order valence-electron chi connectivity index (χ4n) is 2.65. The van der Waals surface area contributed by atoms with Crippen LogP contribution >= 0.6 is 12.4 Å². The number of halogens is 2. The highest BCUT2D eigenvalue weighted by Gasteiger charge is 2.34. The van der Waals surface area contributed by atoms with Gasteiger partial charge in [-0.15, -0.1) is 12.4 Å². The lowest BCUT2D eigenvalue weighted by atomic mass is 10.2. The minimum atomic E-state index is -3.93. The van der Waals surface area contributed by atoms with Crippen LogP contribution in [0.25, 0.3) is 0 Å². The lowest BCUT2D eigenvalue weighted by Crippen LogP contribution is -2.55. The fourth-order valence-corrected chi connectivity index (χ4v) is 4.32. The van der Waals surface area contributed by atoms with Gasteiger partial charge in [0.15, 0.2) is 11.5 Å². The van der Waals surface area contributed by atoms with E-state index in [1.807, 2.05) is 13.8 Å². The summed E-state index contributed by atoms with van der Waals surface area (Å²) in [6.07, 6.45) is 0. The molecule has 9 heteroatoms. The van der Waals surface area contributed by atoms with Gasteiger partial charge in [-0.3, -0.25) is 0 Å². The number of methoxy groups -OCH3 is 2. The summed E-state index contributed by atoms with van der Waals surface area (Å²) >= 11 is 0. The lowest BCUT2D eigenvalue weighted by Gasteiger charge is -2.35. The molecule has 1 aliphatic heterocycles. The molecule has 6 nitrogen and oxygen atoms in total. The van der Waals surface area contributed by atoms with Gasteiger partial charge in [0.2, 0.25) is 10.0 Å². The van der Waals surface area contributed by atoms with E-state index in [-0.39, 0.29) is 36.0 Å². The summed E-state index contributed by atoms with van der Waals surface area (Å²) in [6, 6.07) is 2.20. The summed E-state index contributed by atoms with van der Waals surface area (Å²) < 4.78 is 51.0. The highest BCUT2D eigenvalue weighted by molar-refractivity contribution is 7.89. The molecule has 2 atom stereocenters. The van der Waals surface area contributed by atoms with E-state index in [0.717, 1.165) is 6.07 Å². The Bertz CT molecular complexity index is 646. The molecule has 1 heterocycles. The van der Waals surface area contributed by atoms with Crippen molar-refractivity contribution < 1.29 is 22.3 Å². The van der Waals surface area contributed by atoms with Crippen molar-refractivity contribution >= 4 is 22.4 Å². The summed E-state index contributed by atoms with van der Waals surface area (Å²) in [6.45, 7) is 4.37. The lowest BCUT2D eigenvalue weighted by molar-refractivity contribution is 0.262. The molecular formula is C14H22ClFN2O4S. The van der Waals surface area contributed by atoms with E-state index in [1.54, 1.807) is 0 Å². The van der Waals surface area contributed by atoms with Crippen molar-refractivity contribution in [2.45, 2.75) is 30.8 Å². The first-order valence-corrected chi connectivity index (χ1v) is 8.41. The number of sulfonamides is 1. The van der Waals surface area contributed by atoms with Crippen LogP contribution in [0.3, 0.4) is 0 Å². The number of benzene rings is 1. The summed E-state index contributed by atoms with van der Waals surface area (Å²) in [7, 11) is -1.19. The average molecular weight is 369 g/mol. The van der Waals surface area contributed by atoms with Crippen LogP contribution in [0.4, 0.5) is 4.39 Å². The number of piperazine rings is 1. The molecule has 2 rings (SSSR count). The smallest absolute Gasteiger partial charge is 0.246 e. The monoisotopic (exact) mass is 368 g/mol. The van der Waals surface area contributed by atoms with Gasteiger partial charge < -0.3 is 14.8 Å². The van der Waals surface area contributed by atoms with Crippen LogP contribution in [-0.2, 0) is 10.0 Å². The Balaban J connectivity index is 0.00000264. The highest BCUT2D eigenvalue weighted by Crippen LogP contribution is 2.33. The zero-order valence-corrected chi connectivity index (χ0v) is 15.1. The van der Waals surface area contributed by atoms with Crippen LogP contribution in [0.15, 0.2) is 17.0 Å². The number of hydrogen-bond donors (Lipinski definition) is 1. The summed E-state index contributed by atoms with van der Waals surface area (Å²) in [5.74, 6) is -0.517. The normalized spacial score (nSPS) is 22.3. The maximum absolute atomic E-state index is 14.2. The molecule has 1 saturated heterocycles. The molecule has 1 aromatic carbocycles. The van der Waals surface area contributed by atoms with Crippen LogP contribution < -0.4 is 14.8 Å². The van der Waals surface area contributed by atoms with Crippen molar-refractivity contribution in [3.8, 4) is 11.5 Å². The average Bonchev–Trinajstić information content (AvgIpc) is 2.45. The molecule has 1 fully saturated rings. The number of hydrogen-bond acceptors (Lipinski definition) is 5. The molecule has 1 N–H and O–H groups in total. The zero-order valence-electron chi connectivity index (χ0n) is 13.5. The molecule has 0 amide bonds. The zero-order chi connectivity index (χ0) is 16.5. The van der Waals surface area contributed by atoms with Gasteiger partial charge in [0.05, 0.1) is 14.2 Å². The molecule has 1 aromatic rings. The van der Waals surface area contributed by atoms with Crippen molar-refractivity contribution in [3.05, 3.63) is 17.9 Å². The van der Waals surface area contributed by atoms with Gasteiger partial charge >= 0.3 is 0 Å². The van der Waals surface area contributed by atoms with Gasteiger partial charge in [-0.05, 0) is 13.8 Å². The first kappa shape index (κ1) is 20.0. The van der Waals surface area contributed by atoms with Gasteiger partial charge in [0, 0.05) is 37.3 Å². The molecule has 0 saturated carbocycles. The predicted octanol–water partition coefficient (Wildman–Crippen LogP) is 1.64. The molecule has 0 aromatic heterocycles. The van der Waals surface area contributed by atoms with Gasteiger partial charge in [-0.1, -0.05) is 0 Å². The fraction of sp³-hybridized carbons (Fsp3) is 0.571. The van der Waals surface area contributed by atoms with E-state index in [9.17, 15) is 12.8 Å². The maximum Gasteiger partial charge on any atom is 0.246 e. The maximum atomic E-state index is 14.2. The summed E-state index contributed by atoms with van der Waals surface area (Å²) in [5, 5.41) is 3.24. The van der Waals surface area contributed by atoms with Gasteiger partial charge in [-0.25, -0.2) is 12.8 Å². The molecule has 23 heavy (non-hydrogen) atoms. The van der Waals surface area contributed by atoms with E-state index in [2.05, 4.69) is 5.32 Å². The number of nitrogens with one attached hydrogen (secondary N) is 1. The first-order valence-electron chi connectivity index (χ1n) is 6.97. The van der Waals surface area contributed by atoms with E-state index in [0.29, 0.717) is 13.1 Å². The number of nitrogens with zero attached hydrogens (tertiary/aromatic N) is 1. The van der Waals surface area contributed by atoms with Gasteiger partial charge in [-0.2, -0.15) is 4.31 Å². The second kappa shape index (κ2) is 7.65. The molecule has 0 aliphatic carbocycles. The Morgan fingerprint density at radius 1 is 1.13 bits per heavy atom. The Morgan fingerprint density at radius 3 is 2.09 bits per heavy atom.